The lowest BCUT2D eigenvalue weighted by atomic mass is 10.0. The maximum absolute atomic E-state index is 12.8. The van der Waals surface area contributed by atoms with Crippen LogP contribution in [0.4, 0.5) is 4.79 Å². The molecular weight excluding hydrogens is 322 g/mol. The van der Waals surface area contributed by atoms with Crippen molar-refractivity contribution in [3.8, 4) is 0 Å². The number of morpholine rings is 1. The molecule has 0 aliphatic carbocycles. The molecule has 2 atom stereocenters. The van der Waals surface area contributed by atoms with Gasteiger partial charge in [0.1, 0.15) is 11.0 Å². The Morgan fingerprint density at radius 1 is 1.46 bits per heavy atom. The maximum atomic E-state index is 12.8. The number of thiazole rings is 1. The van der Waals surface area contributed by atoms with Crippen molar-refractivity contribution >= 4 is 17.4 Å². The second kappa shape index (κ2) is 7.32. The van der Waals surface area contributed by atoms with Gasteiger partial charge in [-0.3, -0.25) is 0 Å². The molecule has 1 fully saturated rings. The standard InChI is InChI=1S/C18H23N3O2S/c1-3-18(2)13-21(10-11-23-18)17(22)20-15(16-19-9-12-24-16)14-7-5-4-6-8-14/h4-9,12,15H,3,10-11,13H2,1-2H3,(H,20,22)/t15-,18+/m1/s1. The van der Waals surface area contributed by atoms with Crippen molar-refractivity contribution in [3.63, 3.8) is 0 Å². The number of rotatable bonds is 4. The van der Waals surface area contributed by atoms with Gasteiger partial charge in [-0.2, -0.15) is 0 Å². The lowest BCUT2D eigenvalue weighted by Crippen LogP contribution is -2.54. The highest BCUT2D eigenvalue weighted by atomic mass is 32.1. The van der Waals surface area contributed by atoms with Crippen molar-refractivity contribution < 1.29 is 9.53 Å². The minimum atomic E-state index is -0.265. The zero-order chi connectivity index (χ0) is 17.0. The van der Waals surface area contributed by atoms with Crippen LogP contribution in [0.25, 0.3) is 0 Å². The highest BCUT2D eigenvalue weighted by Crippen LogP contribution is 2.25. The van der Waals surface area contributed by atoms with Crippen LogP contribution in [0.5, 0.6) is 0 Å². The van der Waals surface area contributed by atoms with Gasteiger partial charge >= 0.3 is 6.03 Å². The molecule has 1 aliphatic rings. The normalized spacial score (nSPS) is 22.2. The van der Waals surface area contributed by atoms with Crippen LogP contribution in [0.3, 0.4) is 0 Å². The highest BCUT2D eigenvalue weighted by Gasteiger charge is 2.33. The molecule has 1 aromatic carbocycles. The van der Waals surface area contributed by atoms with Crippen LogP contribution >= 0.6 is 11.3 Å². The van der Waals surface area contributed by atoms with Crippen molar-refractivity contribution in [1.82, 2.24) is 15.2 Å². The smallest absolute Gasteiger partial charge is 0.318 e. The molecule has 6 heteroatoms. The zero-order valence-electron chi connectivity index (χ0n) is 14.1. The Bertz CT molecular complexity index is 662. The summed E-state index contributed by atoms with van der Waals surface area (Å²) >= 11 is 1.55. The lowest BCUT2D eigenvalue weighted by Gasteiger charge is -2.40. The van der Waals surface area contributed by atoms with Crippen LogP contribution in [0, 0.1) is 0 Å². The molecule has 0 radical (unpaired) electrons. The summed E-state index contributed by atoms with van der Waals surface area (Å²) in [4.78, 5) is 19.1. The zero-order valence-corrected chi connectivity index (χ0v) is 14.9. The van der Waals surface area contributed by atoms with E-state index >= 15 is 0 Å². The number of ether oxygens (including phenoxy) is 1. The van der Waals surface area contributed by atoms with Crippen molar-refractivity contribution in [3.05, 3.63) is 52.5 Å². The fraction of sp³-hybridized carbons (Fsp3) is 0.444. The monoisotopic (exact) mass is 345 g/mol. The largest absolute Gasteiger partial charge is 0.372 e. The Balaban J connectivity index is 1.77. The summed E-state index contributed by atoms with van der Waals surface area (Å²) in [5.74, 6) is 0. The minimum Gasteiger partial charge on any atom is -0.372 e. The fourth-order valence-electron chi connectivity index (χ4n) is 2.84. The molecule has 2 amide bonds. The third-order valence-corrected chi connectivity index (χ3v) is 5.31. The van der Waals surface area contributed by atoms with Gasteiger partial charge in [-0.25, -0.2) is 9.78 Å². The van der Waals surface area contributed by atoms with E-state index in [0.717, 1.165) is 17.0 Å². The van der Waals surface area contributed by atoms with Crippen molar-refractivity contribution in [2.24, 2.45) is 0 Å². The summed E-state index contributed by atoms with van der Waals surface area (Å²) in [6, 6.07) is 9.66. The van der Waals surface area contributed by atoms with Gasteiger partial charge in [0.15, 0.2) is 0 Å². The van der Waals surface area contributed by atoms with Gasteiger partial charge in [0.25, 0.3) is 0 Å². The molecule has 0 unspecified atom stereocenters. The second-order valence-corrected chi connectivity index (χ2v) is 7.16. The summed E-state index contributed by atoms with van der Waals surface area (Å²) < 4.78 is 5.82. The summed E-state index contributed by atoms with van der Waals surface area (Å²) in [6.45, 7) is 5.94. The Kier molecular flexibility index (Phi) is 5.16. The number of carbonyl (C=O) groups is 1. The molecule has 1 saturated heterocycles. The first-order valence-corrected chi connectivity index (χ1v) is 9.13. The Morgan fingerprint density at radius 3 is 2.92 bits per heavy atom. The number of hydrogen-bond acceptors (Lipinski definition) is 4. The average molecular weight is 345 g/mol. The van der Waals surface area contributed by atoms with Gasteiger partial charge < -0.3 is 15.0 Å². The van der Waals surface area contributed by atoms with Crippen LogP contribution in [-0.2, 0) is 4.74 Å². The molecule has 1 aliphatic heterocycles. The van der Waals surface area contributed by atoms with Gasteiger partial charge in [-0.15, -0.1) is 11.3 Å². The molecule has 5 nitrogen and oxygen atoms in total. The molecule has 24 heavy (non-hydrogen) atoms. The predicted octanol–water partition coefficient (Wildman–Crippen LogP) is 3.44. The number of urea groups is 1. The highest BCUT2D eigenvalue weighted by molar-refractivity contribution is 7.09. The quantitative estimate of drug-likeness (QED) is 0.923. The molecule has 1 aromatic heterocycles. The van der Waals surface area contributed by atoms with E-state index in [4.69, 9.17) is 4.74 Å². The minimum absolute atomic E-state index is 0.0676. The number of carbonyl (C=O) groups excluding carboxylic acids is 1. The number of aromatic nitrogens is 1. The number of amides is 2. The molecule has 0 spiro atoms. The second-order valence-electron chi connectivity index (χ2n) is 6.24. The van der Waals surface area contributed by atoms with Gasteiger partial charge in [0.05, 0.1) is 18.8 Å². The van der Waals surface area contributed by atoms with Crippen molar-refractivity contribution in [1.29, 1.82) is 0 Å². The third kappa shape index (κ3) is 3.76. The first-order valence-electron chi connectivity index (χ1n) is 8.25. The van der Waals surface area contributed by atoms with Crippen LogP contribution in [0.2, 0.25) is 0 Å². The average Bonchev–Trinajstić information content (AvgIpc) is 3.14. The van der Waals surface area contributed by atoms with Crippen LogP contribution in [-0.4, -0.2) is 41.2 Å². The topological polar surface area (TPSA) is 54.5 Å². The van der Waals surface area contributed by atoms with Gasteiger partial charge in [-0.05, 0) is 18.9 Å². The fourth-order valence-corrected chi connectivity index (χ4v) is 3.56. The van der Waals surface area contributed by atoms with Gasteiger partial charge in [0, 0.05) is 18.1 Å². The predicted molar refractivity (Wildman–Crippen MR) is 95.2 cm³/mol. The van der Waals surface area contributed by atoms with Crippen LogP contribution < -0.4 is 5.32 Å². The Morgan fingerprint density at radius 2 is 2.25 bits per heavy atom. The van der Waals surface area contributed by atoms with Crippen molar-refractivity contribution in [2.45, 2.75) is 31.9 Å². The van der Waals surface area contributed by atoms with E-state index in [9.17, 15) is 4.79 Å². The van der Waals surface area contributed by atoms with E-state index in [0.29, 0.717) is 19.7 Å². The molecule has 1 N–H and O–H groups in total. The van der Waals surface area contributed by atoms with E-state index in [2.05, 4.69) is 24.1 Å². The maximum Gasteiger partial charge on any atom is 0.318 e. The molecular formula is C18H23N3O2S. The van der Waals surface area contributed by atoms with Crippen molar-refractivity contribution in [2.75, 3.05) is 19.7 Å². The number of nitrogens with zero attached hydrogens (tertiary/aromatic N) is 2. The van der Waals surface area contributed by atoms with Gasteiger partial charge in [-0.1, -0.05) is 37.3 Å². The van der Waals surface area contributed by atoms with E-state index < -0.39 is 0 Å². The van der Waals surface area contributed by atoms with E-state index in [1.807, 2.05) is 40.6 Å². The molecule has 128 valence electrons. The summed E-state index contributed by atoms with van der Waals surface area (Å²) in [7, 11) is 0. The third-order valence-electron chi connectivity index (χ3n) is 4.47. The first kappa shape index (κ1) is 16.9. The Hall–Kier alpha value is -1.92. The number of hydrogen-bond donors (Lipinski definition) is 1. The molecule has 2 aromatic rings. The SMILES string of the molecule is CC[C@@]1(C)CN(C(=O)N[C@H](c2ccccc2)c2nccs2)CCO1. The first-order chi connectivity index (χ1) is 11.6. The molecule has 3 rings (SSSR count). The summed E-state index contributed by atoms with van der Waals surface area (Å²) in [6.07, 6.45) is 2.65. The Labute approximate surface area is 146 Å². The number of nitrogens with one attached hydrogen (secondary N) is 1. The van der Waals surface area contributed by atoms with E-state index in [1.54, 1.807) is 17.5 Å². The molecule has 2 heterocycles. The van der Waals surface area contributed by atoms with E-state index in [1.165, 1.54) is 0 Å². The lowest BCUT2D eigenvalue weighted by molar-refractivity contribution is -0.0873. The number of benzene rings is 1. The van der Waals surface area contributed by atoms with Crippen LogP contribution in [0.1, 0.15) is 36.9 Å². The van der Waals surface area contributed by atoms with Gasteiger partial charge in [0.2, 0.25) is 0 Å². The van der Waals surface area contributed by atoms with E-state index in [-0.39, 0.29) is 17.7 Å². The molecule has 0 bridgehead atoms. The van der Waals surface area contributed by atoms with Crippen LogP contribution in [0.15, 0.2) is 41.9 Å². The molecule has 0 saturated carbocycles. The summed E-state index contributed by atoms with van der Waals surface area (Å²) in [5, 5.41) is 5.97. The summed E-state index contributed by atoms with van der Waals surface area (Å²) in [5.41, 5.74) is 0.770.